The van der Waals surface area contributed by atoms with E-state index in [1.807, 2.05) is 55.9 Å². The predicted octanol–water partition coefficient (Wildman–Crippen LogP) is 5.09. The van der Waals surface area contributed by atoms with Crippen molar-refractivity contribution in [3.63, 3.8) is 0 Å². The monoisotopic (exact) mass is 407 g/mol. The quantitative estimate of drug-likeness (QED) is 0.547. The zero-order valence-corrected chi connectivity index (χ0v) is 18.4. The molecular formula is C25H30FN3O. The van der Waals surface area contributed by atoms with Crippen LogP contribution in [-0.2, 0) is 17.8 Å². The van der Waals surface area contributed by atoms with Crippen molar-refractivity contribution >= 4 is 5.91 Å². The van der Waals surface area contributed by atoms with Crippen LogP contribution in [0, 0.1) is 25.6 Å². The topological polar surface area (TPSA) is 38.1 Å². The molecular weight excluding hydrogens is 377 g/mol. The van der Waals surface area contributed by atoms with Gasteiger partial charge in [-0.3, -0.25) is 9.48 Å². The molecule has 1 atom stereocenters. The van der Waals surface area contributed by atoms with Gasteiger partial charge in [0.15, 0.2) is 0 Å². The maximum atomic E-state index is 13.5. The minimum absolute atomic E-state index is 0.00322. The molecule has 0 radical (unpaired) electrons. The molecule has 1 amide bonds. The van der Waals surface area contributed by atoms with Crippen molar-refractivity contribution < 1.29 is 9.18 Å². The highest BCUT2D eigenvalue weighted by Crippen LogP contribution is 2.29. The van der Waals surface area contributed by atoms with Crippen molar-refractivity contribution in [2.45, 2.75) is 46.7 Å². The van der Waals surface area contributed by atoms with Crippen LogP contribution in [0.4, 0.5) is 4.39 Å². The molecule has 3 aromatic rings. The van der Waals surface area contributed by atoms with Crippen molar-refractivity contribution in [1.29, 1.82) is 0 Å². The van der Waals surface area contributed by atoms with E-state index in [4.69, 9.17) is 0 Å². The van der Waals surface area contributed by atoms with Gasteiger partial charge in [0.2, 0.25) is 5.91 Å². The third-order valence-electron chi connectivity index (χ3n) is 5.48. The normalized spacial score (nSPS) is 12.2. The summed E-state index contributed by atoms with van der Waals surface area (Å²) in [5.74, 6) is 0.196. The second-order valence-corrected chi connectivity index (χ2v) is 8.27. The highest BCUT2D eigenvalue weighted by atomic mass is 19.1. The van der Waals surface area contributed by atoms with E-state index >= 15 is 0 Å². The minimum atomic E-state index is -0.289. The number of likely N-dealkylation sites (N-methyl/N-ethyl adjacent to an activating group) is 1. The molecule has 0 aliphatic heterocycles. The second-order valence-electron chi connectivity index (χ2n) is 8.27. The summed E-state index contributed by atoms with van der Waals surface area (Å²) in [6.45, 7) is 9.13. The van der Waals surface area contributed by atoms with Crippen LogP contribution in [0.3, 0.4) is 0 Å². The molecule has 2 aromatic carbocycles. The second kappa shape index (κ2) is 9.24. The van der Waals surface area contributed by atoms with Gasteiger partial charge in [-0.1, -0.05) is 56.3 Å². The standard InChI is InChI=1S/C25H30FN3O/c1-17(2)16-29-19(4)23(18(3)27-29)15-24(30)28(5)25(20-9-7-6-8-10-20)21-11-13-22(26)14-12-21/h6-14,17,25H,15-16H2,1-5H3. The van der Waals surface area contributed by atoms with E-state index in [1.165, 1.54) is 12.1 Å². The number of benzene rings is 2. The van der Waals surface area contributed by atoms with E-state index in [2.05, 4.69) is 18.9 Å². The highest BCUT2D eigenvalue weighted by Gasteiger charge is 2.25. The van der Waals surface area contributed by atoms with E-state index < -0.39 is 0 Å². The zero-order valence-electron chi connectivity index (χ0n) is 18.4. The van der Waals surface area contributed by atoms with Crippen LogP contribution in [0.2, 0.25) is 0 Å². The minimum Gasteiger partial charge on any atom is -0.334 e. The van der Waals surface area contributed by atoms with Crippen molar-refractivity contribution in [2.24, 2.45) is 5.92 Å². The Bertz CT molecular complexity index is 993. The summed E-state index contributed by atoms with van der Waals surface area (Å²) in [6, 6.07) is 15.9. The summed E-state index contributed by atoms with van der Waals surface area (Å²) in [5.41, 5.74) is 4.79. The molecule has 1 unspecified atom stereocenters. The smallest absolute Gasteiger partial charge is 0.227 e. The van der Waals surface area contributed by atoms with Crippen molar-refractivity contribution in [3.8, 4) is 0 Å². The number of carbonyl (C=O) groups excluding carboxylic acids is 1. The molecule has 0 saturated heterocycles. The summed E-state index contributed by atoms with van der Waals surface area (Å²) in [4.78, 5) is 15.1. The Hall–Kier alpha value is -2.95. The lowest BCUT2D eigenvalue weighted by Crippen LogP contribution is -2.33. The molecule has 158 valence electrons. The van der Waals surface area contributed by atoms with Crippen LogP contribution < -0.4 is 0 Å². The number of hydrogen-bond acceptors (Lipinski definition) is 2. The molecule has 0 spiro atoms. The van der Waals surface area contributed by atoms with Crippen molar-refractivity contribution in [2.75, 3.05) is 7.05 Å². The third kappa shape index (κ3) is 4.78. The lowest BCUT2D eigenvalue weighted by Gasteiger charge is -2.29. The van der Waals surface area contributed by atoms with Gasteiger partial charge in [0, 0.05) is 24.8 Å². The van der Waals surface area contributed by atoms with Gasteiger partial charge in [-0.2, -0.15) is 5.10 Å². The van der Waals surface area contributed by atoms with Gasteiger partial charge in [0.25, 0.3) is 0 Å². The molecule has 0 bridgehead atoms. The van der Waals surface area contributed by atoms with Gasteiger partial charge in [-0.05, 0) is 43.0 Å². The fourth-order valence-electron chi connectivity index (χ4n) is 3.85. The summed E-state index contributed by atoms with van der Waals surface area (Å²) < 4.78 is 15.5. The molecule has 5 heteroatoms. The van der Waals surface area contributed by atoms with E-state index in [0.717, 1.165) is 34.6 Å². The van der Waals surface area contributed by atoms with Crippen LogP contribution >= 0.6 is 0 Å². The average molecular weight is 408 g/mol. The number of rotatable bonds is 7. The van der Waals surface area contributed by atoms with Crippen molar-refractivity contribution in [1.82, 2.24) is 14.7 Å². The summed E-state index contributed by atoms with van der Waals surface area (Å²) in [7, 11) is 1.81. The first kappa shape index (κ1) is 21.8. The summed E-state index contributed by atoms with van der Waals surface area (Å²) >= 11 is 0. The Kier molecular flexibility index (Phi) is 6.70. The molecule has 0 fully saturated rings. The third-order valence-corrected chi connectivity index (χ3v) is 5.48. The fraction of sp³-hybridized carbons (Fsp3) is 0.360. The first-order valence-corrected chi connectivity index (χ1v) is 10.4. The van der Waals surface area contributed by atoms with Crippen LogP contribution in [0.15, 0.2) is 54.6 Å². The molecule has 0 saturated carbocycles. The zero-order chi connectivity index (χ0) is 21.8. The number of amides is 1. The van der Waals surface area contributed by atoms with Crippen LogP contribution in [0.1, 0.15) is 48.0 Å². The predicted molar refractivity (Wildman–Crippen MR) is 118 cm³/mol. The summed E-state index contributed by atoms with van der Waals surface area (Å²) in [5, 5.41) is 4.64. The van der Waals surface area contributed by atoms with E-state index in [9.17, 15) is 9.18 Å². The fourth-order valence-corrected chi connectivity index (χ4v) is 3.85. The first-order valence-electron chi connectivity index (χ1n) is 10.4. The van der Waals surface area contributed by atoms with Gasteiger partial charge in [-0.15, -0.1) is 0 Å². The van der Waals surface area contributed by atoms with E-state index in [-0.39, 0.29) is 24.2 Å². The van der Waals surface area contributed by atoms with E-state index in [1.54, 1.807) is 17.0 Å². The molecule has 1 aromatic heterocycles. The Morgan fingerprint density at radius 1 is 1.03 bits per heavy atom. The molecule has 0 aliphatic rings. The van der Waals surface area contributed by atoms with Gasteiger partial charge < -0.3 is 4.90 Å². The molecule has 1 heterocycles. The van der Waals surface area contributed by atoms with Gasteiger partial charge in [-0.25, -0.2) is 4.39 Å². The maximum absolute atomic E-state index is 13.5. The number of hydrogen-bond donors (Lipinski definition) is 0. The molecule has 3 rings (SSSR count). The lowest BCUT2D eigenvalue weighted by atomic mass is 9.96. The largest absolute Gasteiger partial charge is 0.334 e. The molecule has 4 nitrogen and oxygen atoms in total. The van der Waals surface area contributed by atoms with Gasteiger partial charge in [0.1, 0.15) is 5.82 Å². The average Bonchev–Trinajstić information content (AvgIpc) is 2.97. The Morgan fingerprint density at radius 2 is 1.63 bits per heavy atom. The highest BCUT2D eigenvalue weighted by molar-refractivity contribution is 5.80. The maximum Gasteiger partial charge on any atom is 0.227 e. The van der Waals surface area contributed by atoms with E-state index in [0.29, 0.717) is 5.92 Å². The first-order chi connectivity index (χ1) is 14.3. The van der Waals surface area contributed by atoms with Gasteiger partial charge >= 0.3 is 0 Å². The number of aromatic nitrogens is 2. The molecule has 30 heavy (non-hydrogen) atoms. The van der Waals surface area contributed by atoms with Crippen LogP contribution in [-0.4, -0.2) is 27.6 Å². The lowest BCUT2D eigenvalue weighted by molar-refractivity contribution is -0.130. The number of halogens is 1. The Balaban J connectivity index is 1.90. The molecule has 0 N–H and O–H groups in total. The molecule has 0 aliphatic carbocycles. The number of nitrogens with zero attached hydrogens (tertiary/aromatic N) is 3. The Morgan fingerprint density at radius 3 is 2.23 bits per heavy atom. The van der Waals surface area contributed by atoms with Crippen molar-refractivity contribution in [3.05, 3.63) is 88.5 Å². The SMILES string of the molecule is Cc1nn(CC(C)C)c(C)c1CC(=O)N(C)C(c1ccccc1)c1ccc(F)cc1. The number of aryl methyl sites for hydroxylation is 1. The van der Waals surface area contributed by atoms with Crippen LogP contribution in [0.25, 0.3) is 0 Å². The summed E-state index contributed by atoms with van der Waals surface area (Å²) in [6.07, 6.45) is 0.288. The Labute approximate surface area is 178 Å². The number of carbonyl (C=O) groups is 1. The van der Waals surface area contributed by atoms with Crippen LogP contribution in [0.5, 0.6) is 0 Å². The van der Waals surface area contributed by atoms with Gasteiger partial charge in [0.05, 0.1) is 18.2 Å².